The van der Waals surface area contributed by atoms with E-state index in [9.17, 15) is 14.9 Å². The van der Waals surface area contributed by atoms with Gasteiger partial charge in [-0.15, -0.1) is 0 Å². The number of benzene rings is 1. The van der Waals surface area contributed by atoms with Crippen LogP contribution in [0.2, 0.25) is 10.0 Å². The third-order valence-corrected chi connectivity index (χ3v) is 2.24. The Kier molecular flexibility index (Phi) is 8.48. The first-order valence-electron chi connectivity index (χ1n) is 4.53. The second-order valence-corrected chi connectivity index (χ2v) is 3.59. The molecule has 0 aliphatic carbocycles. The second kappa shape index (κ2) is 9.12. The average molecular weight is 264 g/mol. The van der Waals surface area contributed by atoms with E-state index < -0.39 is 4.92 Å². The van der Waals surface area contributed by atoms with Crippen LogP contribution in [0.15, 0.2) is 24.3 Å². The number of hydrogen-bond donors (Lipinski definition) is 0. The third kappa shape index (κ3) is 8.20. The molecule has 0 aromatic heterocycles. The number of nitrogens with zero attached hydrogens (tertiary/aromatic N) is 1. The van der Waals surface area contributed by atoms with Crippen LogP contribution in [0.3, 0.4) is 0 Å². The maximum atomic E-state index is 9.56. The smallest absolute Gasteiger partial charge is 0.204 e. The number of rotatable bonds is 4. The Balaban J connectivity index is 0.000000281. The zero-order valence-corrected chi connectivity index (χ0v) is 9.95. The number of nitro groups is 1. The van der Waals surface area contributed by atoms with Gasteiger partial charge in [0.25, 0.3) is 0 Å². The van der Waals surface area contributed by atoms with E-state index in [1.54, 1.807) is 12.1 Å². The molecule has 16 heavy (non-hydrogen) atoms. The van der Waals surface area contributed by atoms with Gasteiger partial charge < -0.3 is 4.79 Å². The van der Waals surface area contributed by atoms with Gasteiger partial charge in [-0.3, -0.25) is 10.1 Å². The topological polar surface area (TPSA) is 60.2 Å². The summed E-state index contributed by atoms with van der Waals surface area (Å²) in [5.41, 5.74) is 0. The molecule has 0 aliphatic heterocycles. The van der Waals surface area contributed by atoms with E-state index in [2.05, 4.69) is 0 Å². The molecule has 0 amide bonds. The Morgan fingerprint density at radius 2 is 1.75 bits per heavy atom. The highest BCUT2D eigenvalue weighted by Crippen LogP contribution is 2.19. The second-order valence-electron chi connectivity index (χ2n) is 2.78. The van der Waals surface area contributed by atoms with Crippen molar-refractivity contribution in [2.45, 2.75) is 12.8 Å². The van der Waals surface area contributed by atoms with Crippen molar-refractivity contribution in [1.82, 2.24) is 0 Å². The van der Waals surface area contributed by atoms with Crippen LogP contribution in [0.4, 0.5) is 0 Å². The van der Waals surface area contributed by atoms with Crippen LogP contribution < -0.4 is 0 Å². The molecule has 88 valence electrons. The zero-order chi connectivity index (χ0) is 12.4. The molecule has 4 nitrogen and oxygen atoms in total. The molecule has 0 bridgehead atoms. The molecule has 0 aliphatic rings. The van der Waals surface area contributed by atoms with E-state index in [0.717, 1.165) is 0 Å². The normalized spacial score (nSPS) is 8.88. The summed E-state index contributed by atoms with van der Waals surface area (Å²) in [5.74, 6) is 0. The fourth-order valence-electron chi connectivity index (χ4n) is 0.743. The maximum absolute atomic E-state index is 9.56. The molecular weight excluding hydrogens is 253 g/mol. The first-order chi connectivity index (χ1) is 7.57. The monoisotopic (exact) mass is 263 g/mol. The van der Waals surface area contributed by atoms with Crippen molar-refractivity contribution in [3.8, 4) is 0 Å². The first kappa shape index (κ1) is 14.9. The van der Waals surface area contributed by atoms with Gasteiger partial charge in [0.2, 0.25) is 6.54 Å². The van der Waals surface area contributed by atoms with Gasteiger partial charge in [-0.1, -0.05) is 35.3 Å². The lowest BCUT2D eigenvalue weighted by molar-refractivity contribution is -0.480. The third-order valence-electron chi connectivity index (χ3n) is 1.49. The maximum Gasteiger partial charge on any atom is 0.204 e. The average Bonchev–Trinajstić information content (AvgIpc) is 2.23. The Labute approximate surface area is 103 Å². The van der Waals surface area contributed by atoms with Crippen LogP contribution in [-0.2, 0) is 4.79 Å². The van der Waals surface area contributed by atoms with Crippen molar-refractivity contribution < 1.29 is 9.72 Å². The molecule has 0 saturated carbocycles. The summed E-state index contributed by atoms with van der Waals surface area (Å²) in [7, 11) is 0. The fourth-order valence-corrected chi connectivity index (χ4v) is 1.01. The number of carbonyl (C=O) groups is 1. The van der Waals surface area contributed by atoms with Gasteiger partial charge in [-0.25, -0.2) is 0 Å². The van der Waals surface area contributed by atoms with Crippen molar-refractivity contribution in [2.75, 3.05) is 6.54 Å². The van der Waals surface area contributed by atoms with E-state index in [-0.39, 0.29) is 6.54 Å². The lowest BCUT2D eigenvalue weighted by Crippen LogP contribution is -1.99. The molecule has 0 atom stereocenters. The van der Waals surface area contributed by atoms with Gasteiger partial charge in [-0.2, -0.15) is 0 Å². The number of unbranched alkanes of at least 4 members (excludes halogenated alkanes) is 1. The SMILES string of the molecule is Clc1ccccc1Cl.O=CCCC[N+](=O)[O-]. The molecular formula is C10H11Cl2NO3. The molecule has 6 heteroatoms. The van der Waals surface area contributed by atoms with Crippen molar-refractivity contribution in [2.24, 2.45) is 0 Å². The van der Waals surface area contributed by atoms with Crippen LogP contribution in [0.5, 0.6) is 0 Å². The van der Waals surface area contributed by atoms with Crippen LogP contribution in [-0.4, -0.2) is 17.8 Å². The van der Waals surface area contributed by atoms with Gasteiger partial charge in [0, 0.05) is 17.8 Å². The van der Waals surface area contributed by atoms with Gasteiger partial charge in [-0.05, 0) is 12.1 Å². The number of hydrogen-bond acceptors (Lipinski definition) is 3. The van der Waals surface area contributed by atoms with E-state index in [1.165, 1.54) is 0 Å². The minimum atomic E-state index is -0.427. The van der Waals surface area contributed by atoms with Crippen molar-refractivity contribution in [1.29, 1.82) is 0 Å². The minimum Gasteiger partial charge on any atom is -0.303 e. The van der Waals surface area contributed by atoms with Crippen LogP contribution in [0.25, 0.3) is 0 Å². The lowest BCUT2D eigenvalue weighted by atomic mass is 10.3. The van der Waals surface area contributed by atoms with Gasteiger partial charge in [0.05, 0.1) is 10.0 Å². The van der Waals surface area contributed by atoms with Crippen LogP contribution >= 0.6 is 23.2 Å². The van der Waals surface area contributed by atoms with Gasteiger partial charge in [0.15, 0.2) is 0 Å². The number of carbonyl (C=O) groups excluding carboxylic acids is 1. The van der Waals surface area contributed by atoms with Gasteiger partial charge in [0.1, 0.15) is 6.29 Å². The highest BCUT2D eigenvalue weighted by molar-refractivity contribution is 6.41. The predicted molar refractivity (Wildman–Crippen MR) is 63.6 cm³/mol. The molecule has 1 rings (SSSR count). The largest absolute Gasteiger partial charge is 0.303 e. The molecule has 0 radical (unpaired) electrons. The summed E-state index contributed by atoms with van der Waals surface area (Å²) >= 11 is 11.2. The first-order valence-corrected chi connectivity index (χ1v) is 5.29. The lowest BCUT2D eigenvalue weighted by Gasteiger charge is -1.88. The molecule has 0 saturated heterocycles. The highest BCUT2D eigenvalue weighted by Gasteiger charge is 1.93. The minimum absolute atomic E-state index is 0.0985. The van der Waals surface area contributed by atoms with Crippen LogP contribution in [0, 0.1) is 10.1 Å². The predicted octanol–water partition coefficient (Wildman–Crippen LogP) is 3.24. The summed E-state index contributed by atoms with van der Waals surface area (Å²) in [6.07, 6.45) is 1.33. The van der Waals surface area contributed by atoms with Crippen molar-refractivity contribution >= 4 is 29.5 Å². The number of halogens is 2. The molecule has 1 aromatic carbocycles. The molecule has 0 spiro atoms. The molecule has 0 fully saturated rings. The highest BCUT2D eigenvalue weighted by atomic mass is 35.5. The molecule has 0 unspecified atom stereocenters. The summed E-state index contributed by atoms with van der Waals surface area (Å²) in [6.45, 7) is -0.0985. The summed E-state index contributed by atoms with van der Waals surface area (Å²) in [6, 6.07) is 7.19. The molecule has 0 heterocycles. The Bertz CT molecular complexity index is 324. The standard InChI is InChI=1S/C6H4Cl2.C4H7NO3/c7-5-3-1-2-4-6(5)8;6-4-2-1-3-5(7)8/h1-4H;4H,1-3H2. The fraction of sp³-hybridized carbons (Fsp3) is 0.300. The quantitative estimate of drug-likeness (QED) is 0.363. The van der Waals surface area contributed by atoms with E-state index in [4.69, 9.17) is 23.2 Å². The Hall–Kier alpha value is -1.13. The van der Waals surface area contributed by atoms with E-state index in [1.807, 2.05) is 12.1 Å². The summed E-state index contributed by atoms with van der Waals surface area (Å²) < 4.78 is 0. The van der Waals surface area contributed by atoms with Gasteiger partial charge >= 0.3 is 0 Å². The van der Waals surface area contributed by atoms with Crippen molar-refractivity contribution in [3.63, 3.8) is 0 Å². The summed E-state index contributed by atoms with van der Waals surface area (Å²) in [4.78, 5) is 18.7. The summed E-state index contributed by atoms with van der Waals surface area (Å²) in [5, 5.41) is 10.8. The Morgan fingerprint density at radius 1 is 1.25 bits per heavy atom. The molecule has 0 N–H and O–H groups in total. The van der Waals surface area contributed by atoms with E-state index in [0.29, 0.717) is 29.2 Å². The molecule has 1 aromatic rings. The van der Waals surface area contributed by atoms with E-state index >= 15 is 0 Å². The van der Waals surface area contributed by atoms with Crippen LogP contribution in [0.1, 0.15) is 12.8 Å². The van der Waals surface area contributed by atoms with Crippen molar-refractivity contribution in [3.05, 3.63) is 44.4 Å². The number of aldehydes is 1. The zero-order valence-electron chi connectivity index (χ0n) is 8.44. The Morgan fingerprint density at radius 3 is 2.06 bits per heavy atom.